The van der Waals surface area contributed by atoms with Crippen molar-refractivity contribution in [2.45, 2.75) is 5.60 Å². The van der Waals surface area contributed by atoms with Crippen LogP contribution in [0.15, 0.2) is 0 Å². The molecule has 0 aliphatic rings. The lowest BCUT2D eigenvalue weighted by Gasteiger charge is -2.17. The Bertz CT molecular complexity index is 368. The highest BCUT2D eigenvalue weighted by atomic mass is 16.3. The lowest BCUT2D eigenvalue weighted by molar-refractivity contribution is 0.107. The van der Waals surface area contributed by atoms with E-state index in [1.165, 1.54) is 0 Å². The van der Waals surface area contributed by atoms with Crippen molar-refractivity contribution in [1.82, 2.24) is 0 Å². The van der Waals surface area contributed by atoms with Crippen LogP contribution in [-0.2, 0) is 0 Å². The fourth-order valence-corrected chi connectivity index (χ4v) is 0.510. The molecule has 0 aliphatic carbocycles. The van der Waals surface area contributed by atoms with Gasteiger partial charge in [-0.2, -0.15) is 26.3 Å². The number of rotatable bonds is 1. The Morgan fingerprint density at radius 2 is 1.00 bits per heavy atom. The third-order valence-corrected chi connectivity index (χ3v) is 1.37. The van der Waals surface area contributed by atoms with E-state index in [9.17, 15) is 0 Å². The van der Waals surface area contributed by atoms with Crippen molar-refractivity contribution in [3.8, 4) is 30.3 Å². The molecule has 0 fully saturated rings. The molecule has 0 unspecified atom stereocenters. The minimum Gasteiger partial charge on any atom is -0.361 e. The first-order valence-electron chi connectivity index (χ1n) is 2.84. The summed E-state index contributed by atoms with van der Waals surface area (Å²) in [4.78, 5) is 0. The van der Waals surface area contributed by atoms with E-state index < -0.39 is 11.0 Å². The van der Waals surface area contributed by atoms with Crippen LogP contribution in [0.1, 0.15) is 0 Å². The first kappa shape index (κ1) is 10.4. The molecule has 1 N–H and O–H groups in total. The van der Waals surface area contributed by atoms with Crippen molar-refractivity contribution in [3.05, 3.63) is 0 Å². The van der Waals surface area contributed by atoms with Crippen LogP contribution in [0.5, 0.6) is 0 Å². The second-order valence-corrected chi connectivity index (χ2v) is 2.02. The maximum Gasteiger partial charge on any atom is 0.284 e. The van der Waals surface area contributed by atoms with Gasteiger partial charge in [-0.1, -0.05) is 0 Å². The van der Waals surface area contributed by atoms with Crippen molar-refractivity contribution < 1.29 is 5.11 Å². The summed E-state index contributed by atoms with van der Waals surface area (Å²) in [7, 11) is 0. The van der Waals surface area contributed by atoms with Crippen LogP contribution < -0.4 is 0 Å². The molecule has 0 rings (SSSR count). The largest absolute Gasteiger partial charge is 0.361 e. The highest BCUT2D eigenvalue weighted by molar-refractivity contribution is 5.43. The monoisotopic (exact) mass is 171 g/mol. The molecule has 0 saturated carbocycles. The van der Waals surface area contributed by atoms with E-state index in [-0.39, 0.29) is 0 Å². The SMILES string of the molecule is N#CC(O)(C#N)C(C#N)(C#N)C#N. The average Bonchev–Trinajstić information content (AvgIpc) is 2.20. The summed E-state index contributed by atoms with van der Waals surface area (Å²) < 4.78 is 0. The van der Waals surface area contributed by atoms with Crippen LogP contribution in [-0.4, -0.2) is 10.7 Å². The molecule has 0 radical (unpaired) electrons. The van der Waals surface area contributed by atoms with E-state index in [4.69, 9.17) is 31.4 Å². The molecule has 0 bridgehead atoms. The van der Waals surface area contributed by atoms with Crippen LogP contribution in [0.2, 0.25) is 0 Å². The molecule has 6 heteroatoms. The van der Waals surface area contributed by atoms with Crippen molar-refractivity contribution in [3.63, 3.8) is 0 Å². The van der Waals surface area contributed by atoms with Gasteiger partial charge in [0.25, 0.3) is 11.0 Å². The van der Waals surface area contributed by atoms with Crippen LogP contribution in [0.4, 0.5) is 0 Å². The van der Waals surface area contributed by atoms with E-state index in [1.54, 1.807) is 0 Å². The van der Waals surface area contributed by atoms with E-state index >= 15 is 0 Å². The van der Waals surface area contributed by atoms with Gasteiger partial charge in [0.05, 0.1) is 0 Å². The maximum atomic E-state index is 9.15. The molecule has 0 aromatic carbocycles. The van der Waals surface area contributed by atoms with Gasteiger partial charge >= 0.3 is 0 Å². The predicted molar refractivity (Wildman–Crippen MR) is 35.4 cm³/mol. The van der Waals surface area contributed by atoms with Gasteiger partial charge in [0.1, 0.15) is 30.3 Å². The van der Waals surface area contributed by atoms with E-state index in [0.29, 0.717) is 0 Å². The Labute approximate surface area is 73.7 Å². The quantitative estimate of drug-likeness (QED) is 0.518. The second-order valence-electron chi connectivity index (χ2n) is 2.02. The van der Waals surface area contributed by atoms with Gasteiger partial charge in [0, 0.05) is 0 Å². The molecule has 0 heterocycles. The smallest absolute Gasteiger partial charge is 0.284 e. The summed E-state index contributed by atoms with van der Waals surface area (Å²) in [6.45, 7) is 0. The van der Waals surface area contributed by atoms with Crippen LogP contribution in [0, 0.1) is 62.1 Å². The van der Waals surface area contributed by atoms with Crippen LogP contribution >= 0.6 is 0 Å². The van der Waals surface area contributed by atoms with Crippen molar-refractivity contribution >= 4 is 0 Å². The first-order valence-corrected chi connectivity index (χ1v) is 2.84. The summed E-state index contributed by atoms with van der Waals surface area (Å²) in [5.41, 5.74) is -5.60. The van der Waals surface area contributed by atoms with Gasteiger partial charge in [0.15, 0.2) is 0 Å². The molecule has 0 amide bonds. The number of nitrogens with zero attached hydrogens (tertiary/aromatic N) is 5. The van der Waals surface area contributed by atoms with Gasteiger partial charge in [0.2, 0.25) is 0 Å². The Morgan fingerprint density at radius 3 is 1.08 bits per heavy atom. The molecule has 13 heavy (non-hydrogen) atoms. The number of hydrogen-bond donors (Lipinski definition) is 1. The molecule has 0 aliphatic heterocycles. The third-order valence-electron chi connectivity index (χ3n) is 1.37. The highest BCUT2D eigenvalue weighted by Crippen LogP contribution is 2.28. The first-order chi connectivity index (χ1) is 6.05. The molecule has 0 spiro atoms. The molecule has 6 nitrogen and oxygen atoms in total. The summed E-state index contributed by atoms with van der Waals surface area (Å²) in [5.74, 6) is 0. The molecule has 0 aromatic heterocycles. The minimum atomic E-state index is -2.93. The van der Waals surface area contributed by atoms with Crippen molar-refractivity contribution in [2.75, 3.05) is 0 Å². The number of hydrogen-bond acceptors (Lipinski definition) is 6. The van der Waals surface area contributed by atoms with Gasteiger partial charge in [-0.05, 0) is 0 Å². The van der Waals surface area contributed by atoms with Crippen LogP contribution in [0.3, 0.4) is 0 Å². The average molecular weight is 171 g/mol. The highest BCUT2D eigenvalue weighted by Gasteiger charge is 2.54. The van der Waals surface area contributed by atoms with Crippen molar-refractivity contribution in [2.24, 2.45) is 5.41 Å². The van der Waals surface area contributed by atoms with Gasteiger partial charge in [-0.25, -0.2) is 0 Å². The zero-order valence-corrected chi connectivity index (χ0v) is 6.18. The van der Waals surface area contributed by atoms with E-state index in [1.807, 2.05) is 0 Å². The Kier molecular flexibility index (Phi) is 2.57. The summed E-state index contributed by atoms with van der Waals surface area (Å²) in [5, 5.41) is 51.1. The number of aliphatic hydroxyl groups is 1. The molecule has 0 saturated heterocycles. The molecular weight excluding hydrogens is 170 g/mol. The Morgan fingerprint density at radius 1 is 0.692 bits per heavy atom. The number of nitriles is 5. The Hall–Kier alpha value is -2.59. The van der Waals surface area contributed by atoms with E-state index in [2.05, 4.69) is 0 Å². The fraction of sp³-hybridized carbons (Fsp3) is 0.286. The molecule has 0 aromatic rings. The minimum absolute atomic E-state index is 1.05. The fourth-order valence-electron chi connectivity index (χ4n) is 0.510. The second kappa shape index (κ2) is 3.21. The summed E-state index contributed by atoms with van der Waals surface area (Å²) in [6.07, 6.45) is 0. The predicted octanol–water partition coefficient (Wildman–Crippen LogP) is -0.678. The molecule has 0 atom stereocenters. The third kappa shape index (κ3) is 1.13. The van der Waals surface area contributed by atoms with Gasteiger partial charge in [-0.15, -0.1) is 0 Å². The molecule has 60 valence electrons. The van der Waals surface area contributed by atoms with Crippen molar-refractivity contribution in [1.29, 1.82) is 26.3 Å². The lowest BCUT2D eigenvalue weighted by atomic mass is 9.77. The standard InChI is InChI=1S/C7HN5O/c8-1-6(2-9,3-10)7(13,4-11)5-12/h13H. The summed E-state index contributed by atoms with van der Waals surface area (Å²) >= 11 is 0. The Balaban J connectivity index is 5.72. The summed E-state index contributed by atoms with van der Waals surface area (Å²) in [6, 6.07) is 5.52. The molecular formula is C7HN5O. The van der Waals surface area contributed by atoms with Crippen LogP contribution in [0.25, 0.3) is 0 Å². The van der Waals surface area contributed by atoms with Gasteiger partial charge in [-0.3, -0.25) is 0 Å². The topological polar surface area (TPSA) is 139 Å². The maximum absolute atomic E-state index is 9.15. The zero-order valence-electron chi connectivity index (χ0n) is 6.18. The van der Waals surface area contributed by atoms with Gasteiger partial charge < -0.3 is 5.11 Å². The normalized spacial score (nSPS) is 9.54. The zero-order chi connectivity index (χ0) is 10.5. The lowest BCUT2D eigenvalue weighted by Crippen LogP contribution is -2.43. The van der Waals surface area contributed by atoms with E-state index in [0.717, 1.165) is 30.3 Å².